The minimum absolute atomic E-state index is 0.176. The molecular weight excluding hydrogens is 400 g/mol. The van der Waals surface area contributed by atoms with E-state index in [-0.39, 0.29) is 11.1 Å². The highest BCUT2D eigenvalue weighted by atomic mass is 19.1. The Balaban J connectivity index is 2.24. The third-order valence-corrected chi connectivity index (χ3v) is 4.78. The Morgan fingerprint density at radius 3 is 1.74 bits per heavy atom. The molecule has 3 rings (SSSR count). The summed E-state index contributed by atoms with van der Waals surface area (Å²) in [5, 5.41) is 14.7. The van der Waals surface area contributed by atoms with Gasteiger partial charge in [-0.25, -0.2) is 13.6 Å². The summed E-state index contributed by atoms with van der Waals surface area (Å²) >= 11 is 0. The smallest absolute Gasteiger partial charge is 0.408 e. The Morgan fingerprint density at radius 2 is 1.29 bits per heavy atom. The van der Waals surface area contributed by atoms with Gasteiger partial charge >= 0.3 is 6.09 Å². The molecule has 0 aromatic heterocycles. The molecule has 6 heteroatoms. The van der Waals surface area contributed by atoms with Gasteiger partial charge in [0, 0.05) is 11.1 Å². The standard InChI is InChI=1S/C25H25F2NO3/c1-24(2,3)31-23(29)28-22(17-11-5-4-6-12-17)25(30,18-13-7-9-15-20(18)26)19-14-8-10-16-21(19)27/h4-16,22,30H,1-3H3,(H,28,29)/t22-/m0/s1. The number of carbonyl (C=O) groups excluding carboxylic acids is 1. The Bertz CT molecular complexity index is 1000. The molecule has 4 nitrogen and oxygen atoms in total. The van der Waals surface area contributed by atoms with Gasteiger partial charge in [0.2, 0.25) is 0 Å². The average Bonchev–Trinajstić information content (AvgIpc) is 2.71. The van der Waals surface area contributed by atoms with Crippen molar-refractivity contribution in [1.29, 1.82) is 0 Å². The average molecular weight is 425 g/mol. The first-order valence-electron chi connectivity index (χ1n) is 9.90. The normalized spacial score (nSPS) is 12.8. The molecule has 0 aliphatic carbocycles. The molecular formula is C25H25F2NO3. The Morgan fingerprint density at radius 1 is 0.839 bits per heavy atom. The van der Waals surface area contributed by atoms with E-state index < -0.39 is 35.0 Å². The van der Waals surface area contributed by atoms with Crippen LogP contribution in [0.25, 0.3) is 0 Å². The van der Waals surface area contributed by atoms with Gasteiger partial charge in [0.05, 0.1) is 6.04 Å². The summed E-state index contributed by atoms with van der Waals surface area (Å²) in [5.41, 5.74) is -2.98. The van der Waals surface area contributed by atoms with Gasteiger partial charge in [-0.2, -0.15) is 0 Å². The molecule has 0 aliphatic rings. The molecule has 3 aromatic carbocycles. The van der Waals surface area contributed by atoms with Crippen molar-refractivity contribution in [3.63, 3.8) is 0 Å². The van der Waals surface area contributed by atoms with Gasteiger partial charge in [0.15, 0.2) is 0 Å². The number of aliphatic hydroxyl groups is 1. The van der Waals surface area contributed by atoms with Gasteiger partial charge in [-0.15, -0.1) is 0 Å². The Kier molecular flexibility index (Phi) is 6.41. The lowest BCUT2D eigenvalue weighted by molar-refractivity contribution is 0.0119. The van der Waals surface area contributed by atoms with E-state index in [1.807, 2.05) is 0 Å². The van der Waals surface area contributed by atoms with Crippen LogP contribution in [0.4, 0.5) is 13.6 Å². The minimum Gasteiger partial charge on any atom is -0.444 e. The van der Waals surface area contributed by atoms with Gasteiger partial charge < -0.3 is 15.2 Å². The number of ether oxygens (including phenoxy) is 1. The van der Waals surface area contributed by atoms with Crippen LogP contribution >= 0.6 is 0 Å². The van der Waals surface area contributed by atoms with Crippen LogP contribution in [0, 0.1) is 11.6 Å². The number of alkyl carbamates (subject to hydrolysis) is 1. The van der Waals surface area contributed by atoms with Crippen LogP contribution < -0.4 is 5.32 Å². The lowest BCUT2D eigenvalue weighted by Crippen LogP contribution is -2.47. The van der Waals surface area contributed by atoms with Crippen LogP contribution in [0.3, 0.4) is 0 Å². The summed E-state index contributed by atoms with van der Waals surface area (Å²) < 4.78 is 35.3. The molecule has 0 radical (unpaired) electrons. The highest BCUT2D eigenvalue weighted by Gasteiger charge is 2.46. The van der Waals surface area contributed by atoms with Crippen LogP contribution in [-0.4, -0.2) is 16.8 Å². The van der Waals surface area contributed by atoms with E-state index in [9.17, 15) is 18.7 Å². The number of rotatable bonds is 5. The summed E-state index contributed by atoms with van der Waals surface area (Å²) in [4.78, 5) is 12.7. The molecule has 0 heterocycles. The number of carbonyl (C=O) groups is 1. The molecule has 0 bridgehead atoms. The number of nitrogens with one attached hydrogen (secondary N) is 1. The highest BCUT2D eigenvalue weighted by Crippen LogP contribution is 2.43. The van der Waals surface area contributed by atoms with E-state index in [2.05, 4.69) is 5.32 Å². The van der Waals surface area contributed by atoms with Gasteiger partial charge in [0.1, 0.15) is 22.8 Å². The zero-order valence-electron chi connectivity index (χ0n) is 17.6. The lowest BCUT2D eigenvalue weighted by Gasteiger charge is -2.38. The molecule has 0 saturated carbocycles. The summed E-state index contributed by atoms with van der Waals surface area (Å²) in [7, 11) is 0. The molecule has 0 unspecified atom stereocenters. The fourth-order valence-corrected chi connectivity index (χ4v) is 3.50. The van der Waals surface area contributed by atoms with Crippen molar-refractivity contribution in [1.82, 2.24) is 5.32 Å². The zero-order chi connectivity index (χ0) is 22.6. The van der Waals surface area contributed by atoms with Gasteiger partial charge in [-0.3, -0.25) is 0 Å². The number of amides is 1. The number of hydrogen-bond acceptors (Lipinski definition) is 3. The first-order chi connectivity index (χ1) is 14.6. The fraction of sp³-hybridized carbons (Fsp3) is 0.240. The SMILES string of the molecule is CC(C)(C)OC(=O)N[C@@H](c1ccccc1)C(O)(c1ccccc1F)c1ccccc1F. The highest BCUT2D eigenvalue weighted by molar-refractivity contribution is 5.69. The van der Waals surface area contributed by atoms with Crippen LogP contribution in [0.1, 0.15) is 43.5 Å². The van der Waals surface area contributed by atoms with Crippen molar-refractivity contribution >= 4 is 6.09 Å². The lowest BCUT2D eigenvalue weighted by atomic mass is 9.77. The van der Waals surface area contributed by atoms with Crippen molar-refractivity contribution in [2.75, 3.05) is 0 Å². The molecule has 1 atom stereocenters. The van der Waals surface area contributed by atoms with E-state index >= 15 is 0 Å². The maximum absolute atomic E-state index is 15.0. The molecule has 0 spiro atoms. The van der Waals surface area contributed by atoms with Gasteiger partial charge in [-0.05, 0) is 38.5 Å². The molecule has 0 fully saturated rings. The van der Waals surface area contributed by atoms with E-state index in [4.69, 9.17) is 4.74 Å². The maximum atomic E-state index is 15.0. The van der Waals surface area contributed by atoms with E-state index in [1.165, 1.54) is 36.4 Å². The van der Waals surface area contributed by atoms with E-state index in [0.29, 0.717) is 5.56 Å². The summed E-state index contributed by atoms with van der Waals surface area (Å²) in [5.74, 6) is -1.47. The second-order valence-electron chi connectivity index (χ2n) is 8.22. The molecule has 1 amide bonds. The second kappa shape index (κ2) is 8.86. The van der Waals surface area contributed by atoms with E-state index in [0.717, 1.165) is 0 Å². The molecule has 3 aromatic rings. The summed E-state index contributed by atoms with van der Waals surface area (Å²) in [6.07, 6.45) is -0.826. The largest absolute Gasteiger partial charge is 0.444 e. The van der Waals surface area contributed by atoms with Crippen LogP contribution in [0.2, 0.25) is 0 Å². The zero-order valence-corrected chi connectivity index (χ0v) is 17.6. The van der Waals surface area contributed by atoms with Gasteiger partial charge in [0.25, 0.3) is 0 Å². The molecule has 2 N–H and O–H groups in total. The maximum Gasteiger partial charge on any atom is 0.408 e. The molecule has 31 heavy (non-hydrogen) atoms. The minimum atomic E-state index is -2.27. The third kappa shape index (κ3) is 4.91. The topological polar surface area (TPSA) is 58.6 Å². The number of halogens is 2. The van der Waals surface area contributed by atoms with Crippen LogP contribution in [0.15, 0.2) is 78.9 Å². The number of hydrogen-bond donors (Lipinski definition) is 2. The van der Waals surface area contributed by atoms with Crippen LogP contribution in [0.5, 0.6) is 0 Å². The predicted molar refractivity (Wildman–Crippen MR) is 114 cm³/mol. The summed E-state index contributed by atoms with van der Waals surface area (Å²) in [6.45, 7) is 5.10. The van der Waals surface area contributed by atoms with Crippen molar-refractivity contribution < 1.29 is 23.4 Å². The molecule has 162 valence electrons. The van der Waals surface area contributed by atoms with E-state index in [1.54, 1.807) is 63.2 Å². The molecule has 0 aliphatic heterocycles. The van der Waals surface area contributed by atoms with Crippen molar-refractivity contribution in [3.05, 3.63) is 107 Å². The van der Waals surface area contributed by atoms with Crippen molar-refractivity contribution in [2.24, 2.45) is 0 Å². The van der Waals surface area contributed by atoms with Crippen molar-refractivity contribution in [3.8, 4) is 0 Å². The fourth-order valence-electron chi connectivity index (χ4n) is 3.50. The van der Waals surface area contributed by atoms with Crippen molar-refractivity contribution in [2.45, 2.75) is 38.0 Å². The van der Waals surface area contributed by atoms with Gasteiger partial charge in [-0.1, -0.05) is 66.7 Å². The quantitative estimate of drug-likeness (QED) is 0.570. The predicted octanol–water partition coefficient (Wildman–Crippen LogP) is 5.47. The molecule has 0 saturated heterocycles. The number of benzene rings is 3. The third-order valence-electron chi connectivity index (χ3n) is 4.78. The summed E-state index contributed by atoms with van der Waals surface area (Å²) in [6, 6.07) is 18.4. The van der Waals surface area contributed by atoms with Crippen LogP contribution in [-0.2, 0) is 10.3 Å². The second-order valence-corrected chi connectivity index (χ2v) is 8.22. The first-order valence-corrected chi connectivity index (χ1v) is 9.90. The monoisotopic (exact) mass is 425 g/mol. The first kappa shape index (κ1) is 22.4. The Hall–Kier alpha value is -3.25. The Labute approximate surface area is 180 Å².